The van der Waals surface area contributed by atoms with Crippen LogP contribution >= 0.6 is 0 Å². The fourth-order valence-electron chi connectivity index (χ4n) is 2.71. The van der Waals surface area contributed by atoms with E-state index in [1.54, 1.807) is 0 Å². The van der Waals surface area contributed by atoms with Crippen LogP contribution in [0.15, 0.2) is 0 Å². The third kappa shape index (κ3) is 2.73. The number of likely N-dealkylation sites (tertiary alicyclic amines) is 1. The molecule has 15 heavy (non-hydrogen) atoms. The molecule has 0 unspecified atom stereocenters. The van der Waals surface area contributed by atoms with Gasteiger partial charge in [-0.25, -0.2) is 0 Å². The minimum atomic E-state index is -0.759. The summed E-state index contributed by atoms with van der Waals surface area (Å²) in [4.78, 5) is 0. The maximum Gasteiger partial charge on any atom is 0.130 e. The van der Waals surface area contributed by atoms with Crippen molar-refractivity contribution < 1.29 is 37.4 Å². The highest BCUT2D eigenvalue weighted by Gasteiger charge is 2.45. The number of quaternary nitrogens is 1. The van der Waals surface area contributed by atoms with E-state index in [9.17, 15) is 4.21 Å². The third-order valence-corrected chi connectivity index (χ3v) is 5.14. The second-order valence-electron chi connectivity index (χ2n) is 5.00. The van der Waals surface area contributed by atoms with Crippen LogP contribution < -0.4 is 24.0 Å². The number of rotatable bonds is 1. The van der Waals surface area contributed by atoms with Crippen LogP contribution in [0.4, 0.5) is 0 Å². The monoisotopic (exact) mass is 345 g/mol. The van der Waals surface area contributed by atoms with Crippen molar-refractivity contribution in [2.24, 2.45) is 0 Å². The Bertz CT molecular complexity index is 260. The highest BCUT2D eigenvalue weighted by atomic mass is 127. The molecule has 0 aromatic carbocycles. The van der Waals surface area contributed by atoms with Crippen molar-refractivity contribution >= 4 is 10.8 Å². The lowest BCUT2D eigenvalue weighted by Crippen LogP contribution is -3.00. The smallest absolute Gasteiger partial charge is 0.130 e. The third-order valence-electron chi connectivity index (χ3n) is 3.63. The van der Waals surface area contributed by atoms with Crippen molar-refractivity contribution in [2.75, 3.05) is 26.4 Å². The minimum absolute atomic E-state index is 0. The minimum Gasteiger partial charge on any atom is -1.00 e. The zero-order valence-corrected chi connectivity index (χ0v) is 12.6. The van der Waals surface area contributed by atoms with Crippen LogP contribution in [0.2, 0.25) is 0 Å². The zero-order chi connectivity index (χ0) is 10.3. The first kappa shape index (κ1) is 13.9. The molecule has 0 radical (unpaired) electrons. The van der Waals surface area contributed by atoms with E-state index in [0.29, 0.717) is 6.04 Å². The lowest BCUT2D eigenvalue weighted by Gasteiger charge is -2.34. The molecule has 0 saturated carbocycles. The van der Waals surface area contributed by atoms with Gasteiger partial charge < -0.3 is 33.2 Å². The number of halogens is 1. The van der Waals surface area contributed by atoms with Crippen LogP contribution in [0.5, 0.6) is 0 Å². The molecule has 5 heteroatoms. The van der Waals surface area contributed by atoms with Crippen molar-refractivity contribution in [3.8, 4) is 0 Å². The Morgan fingerprint density at radius 3 is 2.47 bits per heavy atom. The standard InChI is InChI=1S/C10H20NO2S.HI/c1-8-13-10(7-14(8)12)9-5-4-6-11(9,2)3;/h8-10H,4-7H2,1-3H3;1H/q+1;/p-1/t8-,9+,10+,14+;/m1./s1. The lowest BCUT2D eigenvalue weighted by molar-refractivity contribution is -0.905. The molecule has 0 aromatic rings. The van der Waals surface area contributed by atoms with Gasteiger partial charge in [-0.3, -0.25) is 4.21 Å². The van der Waals surface area contributed by atoms with E-state index in [1.807, 2.05) is 6.92 Å². The molecule has 0 aromatic heterocycles. The average Bonchev–Trinajstić information content (AvgIpc) is 2.56. The van der Waals surface area contributed by atoms with Crippen molar-refractivity contribution in [1.82, 2.24) is 0 Å². The van der Waals surface area contributed by atoms with Crippen molar-refractivity contribution in [3.05, 3.63) is 0 Å². The van der Waals surface area contributed by atoms with Crippen LogP contribution in [0, 0.1) is 0 Å². The van der Waals surface area contributed by atoms with E-state index in [1.165, 1.54) is 19.4 Å². The van der Waals surface area contributed by atoms with Crippen molar-refractivity contribution in [2.45, 2.75) is 37.3 Å². The van der Waals surface area contributed by atoms with E-state index >= 15 is 0 Å². The zero-order valence-electron chi connectivity index (χ0n) is 9.61. The second-order valence-corrected chi connectivity index (χ2v) is 6.76. The molecule has 0 aliphatic carbocycles. The molecule has 2 aliphatic heterocycles. The molecular weight excluding hydrogens is 325 g/mol. The number of ether oxygens (including phenoxy) is 1. The molecule has 2 heterocycles. The Balaban J connectivity index is 0.00000112. The van der Waals surface area contributed by atoms with Crippen LogP contribution in [0.3, 0.4) is 0 Å². The molecule has 0 bridgehead atoms. The maximum atomic E-state index is 11.5. The van der Waals surface area contributed by atoms with Gasteiger partial charge in [-0.2, -0.15) is 0 Å². The first-order valence-corrected chi connectivity index (χ1v) is 6.74. The molecule has 0 amide bonds. The molecule has 0 N–H and O–H groups in total. The molecule has 0 spiro atoms. The van der Waals surface area contributed by atoms with Gasteiger partial charge in [-0.1, -0.05) is 0 Å². The Labute approximate surface area is 112 Å². The van der Waals surface area contributed by atoms with Gasteiger partial charge in [-0.15, -0.1) is 0 Å². The Kier molecular flexibility index (Phi) is 4.60. The number of hydrogen-bond donors (Lipinski definition) is 0. The average molecular weight is 345 g/mol. The Morgan fingerprint density at radius 1 is 1.40 bits per heavy atom. The predicted octanol–water partition coefficient (Wildman–Crippen LogP) is -2.28. The Morgan fingerprint density at radius 2 is 2.07 bits per heavy atom. The van der Waals surface area contributed by atoms with Gasteiger partial charge in [0.05, 0.1) is 37.2 Å². The van der Waals surface area contributed by atoms with E-state index < -0.39 is 10.8 Å². The SMILES string of the molecule is C[C@@H]1O[C@H]([C@@H]2CCC[N+]2(C)C)C[S@@]1=O.[I-]. The highest BCUT2D eigenvalue weighted by molar-refractivity contribution is 7.85. The van der Waals surface area contributed by atoms with Gasteiger partial charge in [0.1, 0.15) is 17.6 Å². The van der Waals surface area contributed by atoms with Crippen molar-refractivity contribution in [3.63, 3.8) is 0 Å². The largest absolute Gasteiger partial charge is 1.00 e. The van der Waals surface area contributed by atoms with Gasteiger partial charge >= 0.3 is 0 Å². The predicted molar refractivity (Wildman–Crippen MR) is 57.3 cm³/mol. The normalized spacial score (nSPS) is 43.9. The van der Waals surface area contributed by atoms with Crippen molar-refractivity contribution in [1.29, 1.82) is 0 Å². The first-order valence-electron chi connectivity index (χ1n) is 5.36. The van der Waals surface area contributed by atoms with Gasteiger partial charge in [0.2, 0.25) is 0 Å². The summed E-state index contributed by atoms with van der Waals surface area (Å²) in [5, 5.41) is 0. The summed E-state index contributed by atoms with van der Waals surface area (Å²) in [6.07, 6.45) is 2.73. The number of nitrogens with zero attached hydrogens (tertiary/aromatic N) is 1. The topological polar surface area (TPSA) is 26.3 Å². The molecular formula is C10H20INO2S. The molecule has 90 valence electrons. The molecule has 2 rings (SSSR count). The first-order chi connectivity index (χ1) is 6.50. The van der Waals surface area contributed by atoms with Crippen LogP contribution in [0.25, 0.3) is 0 Å². The second kappa shape index (κ2) is 4.98. The highest BCUT2D eigenvalue weighted by Crippen LogP contribution is 2.30. The van der Waals surface area contributed by atoms with E-state index in [0.717, 1.165) is 10.2 Å². The molecule has 2 fully saturated rings. The van der Waals surface area contributed by atoms with Gasteiger partial charge in [-0.05, 0) is 6.92 Å². The fraction of sp³-hybridized carbons (Fsp3) is 1.00. The maximum absolute atomic E-state index is 11.5. The summed E-state index contributed by atoms with van der Waals surface area (Å²) >= 11 is 0. The molecule has 2 aliphatic rings. The summed E-state index contributed by atoms with van der Waals surface area (Å²) in [7, 11) is 3.75. The number of hydrogen-bond acceptors (Lipinski definition) is 2. The molecule has 2 saturated heterocycles. The summed E-state index contributed by atoms with van der Waals surface area (Å²) in [6, 6.07) is 0.559. The van der Waals surface area contributed by atoms with E-state index in [-0.39, 0.29) is 35.5 Å². The summed E-state index contributed by atoms with van der Waals surface area (Å²) in [5.74, 6) is 0.744. The summed E-state index contributed by atoms with van der Waals surface area (Å²) in [5.41, 5.74) is -0.0550. The van der Waals surface area contributed by atoms with Crippen LogP contribution in [-0.4, -0.2) is 52.7 Å². The summed E-state index contributed by atoms with van der Waals surface area (Å²) in [6.45, 7) is 3.15. The molecule has 4 atom stereocenters. The van der Waals surface area contributed by atoms with Gasteiger partial charge in [0.15, 0.2) is 0 Å². The quantitative estimate of drug-likeness (QED) is 0.396. The Hall–Kier alpha value is 0.800. The van der Waals surface area contributed by atoms with Crippen LogP contribution in [-0.2, 0) is 15.5 Å². The fourth-order valence-corrected chi connectivity index (χ4v) is 3.87. The lowest BCUT2D eigenvalue weighted by atomic mass is 10.1. The molecule has 3 nitrogen and oxygen atoms in total. The summed E-state index contributed by atoms with van der Waals surface area (Å²) < 4.78 is 18.3. The van der Waals surface area contributed by atoms with E-state index in [2.05, 4.69) is 14.1 Å². The van der Waals surface area contributed by atoms with Gasteiger partial charge in [0, 0.05) is 12.8 Å². The number of likely N-dealkylation sites (N-methyl/N-ethyl adjacent to an activating group) is 1. The van der Waals surface area contributed by atoms with Crippen LogP contribution in [0.1, 0.15) is 19.8 Å². The van der Waals surface area contributed by atoms with E-state index in [4.69, 9.17) is 4.74 Å². The van der Waals surface area contributed by atoms with Gasteiger partial charge in [0.25, 0.3) is 0 Å².